The zero-order chi connectivity index (χ0) is 13.7. The lowest BCUT2D eigenvalue weighted by Gasteiger charge is -2.07. The van der Waals surface area contributed by atoms with E-state index in [0.717, 1.165) is 30.8 Å². The van der Waals surface area contributed by atoms with Gasteiger partial charge < -0.3 is 15.2 Å². The molecule has 0 aliphatic carbocycles. The van der Waals surface area contributed by atoms with Crippen LogP contribution in [0.4, 0.5) is 0 Å². The number of benzene rings is 1. The Hall–Kier alpha value is -2.01. The highest BCUT2D eigenvalue weighted by Crippen LogP contribution is 2.26. The average Bonchev–Trinajstić information content (AvgIpc) is 2.82. The van der Waals surface area contributed by atoms with E-state index in [-0.39, 0.29) is 5.75 Å². The number of nitrogens with zero attached hydrogens (tertiary/aromatic N) is 2. The predicted molar refractivity (Wildman–Crippen MR) is 73.3 cm³/mol. The van der Waals surface area contributed by atoms with E-state index in [4.69, 9.17) is 4.74 Å². The van der Waals surface area contributed by atoms with Gasteiger partial charge in [0.05, 0.1) is 12.8 Å². The number of phenols is 1. The number of aromatic nitrogens is 2. The lowest BCUT2D eigenvalue weighted by Crippen LogP contribution is -2.17. The van der Waals surface area contributed by atoms with Crippen LogP contribution in [-0.2, 0) is 20.0 Å². The Morgan fingerprint density at radius 2 is 2.21 bits per heavy atom. The number of methoxy groups -OCH3 is 1. The molecule has 0 unspecified atom stereocenters. The summed E-state index contributed by atoms with van der Waals surface area (Å²) in [5.41, 5.74) is 2.16. The second-order valence-electron chi connectivity index (χ2n) is 4.41. The molecule has 0 amide bonds. The Balaban J connectivity index is 1.79. The fourth-order valence-corrected chi connectivity index (χ4v) is 1.88. The summed E-state index contributed by atoms with van der Waals surface area (Å²) in [5, 5.41) is 17.2. The van der Waals surface area contributed by atoms with Gasteiger partial charge in [-0.15, -0.1) is 0 Å². The van der Waals surface area contributed by atoms with Gasteiger partial charge in [-0.25, -0.2) is 0 Å². The number of rotatable bonds is 6. The summed E-state index contributed by atoms with van der Waals surface area (Å²) in [6, 6.07) is 7.38. The van der Waals surface area contributed by atoms with E-state index in [1.165, 1.54) is 0 Å². The van der Waals surface area contributed by atoms with Crippen LogP contribution in [0.25, 0.3) is 0 Å². The molecule has 0 atom stereocenters. The van der Waals surface area contributed by atoms with Crippen LogP contribution in [0, 0.1) is 0 Å². The smallest absolute Gasteiger partial charge is 0.160 e. The minimum atomic E-state index is 0.166. The van der Waals surface area contributed by atoms with E-state index < -0.39 is 0 Å². The highest BCUT2D eigenvalue weighted by atomic mass is 16.5. The van der Waals surface area contributed by atoms with Gasteiger partial charge in [0, 0.05) is 32.8 Å². The number of hydrogen-bond donors (Lipinski definition) is 2. The Bertz CT molecular complexity index is 537. The molecule has 0 fully saturated rings. The minimum absolute atomic E-state index is 0.166. The largest absolute Gasteiger partial charge is 0.504 e. The summed E-state index contributed by atoms with van der Waals surface area (Å²) in [6.45, 7) is 1.60. The van der Waals surface area contributed by atoms with E-state index in [1.807, 2.05) is 31.4 Å². The molecular formula is C14H19N3O2. The number of phenolic OH excluding ortho intramolecular Hbond substituents is 1. The van der Waals surface area contributed by atoms with Crippen molar-refractivity contribution < 1.29 is 9.84 Å². The van der Waals surface area contributed by atoms with Gasteiger partial charge in [-0.2, -0.15) is 5.10 Å². The maximum Gasteiger partial charge on any atom is 0.160 e. The standard InChI is InChI=1S/C14H19N3O2/c1-17-8-6-12(16-17)5-7-15-10-11-3-4-13(18)14(9-11)19-2/h3-4,6,8-9,15,18H,5,7,10H2,1-2H3. The molecule has 19 heavy (non-hydrogen) atoms. The molecule has 1 aromatic carbocycles. The molecule has 102 valence electrons. The SMILES string of the molecule is COc1cc(CNCCc2ccn(C)n2)ccc1O. The number of ether oxygens (including phenoxy) is 1. The van der Waals surface area contributed by atoms with Crippen molar-refractivity contribution in [3.05, 3.63) is 41.7 Å². The van der Waals surface area contributed by atoms with Crippen LogP contribution >= 0.6 is 0 Å². The van der Waals surface area contributed by atoms with Gasteiger partial charge in [0.25, 0.3) is 0 Å². The second-order valence-corrected chi connectivity index (χ2v) is 4.41. The topological polar surface area (TPSA) is 59.3 Å². The van der Waals surface area contributed by atoms with Crippen LogP contribution < -0.4 is 10.1 Å². The molecule has 5 nitrogen and oxygen atoms in total. The van der Waals surface area contributed by atoms with Crippen LogP contribution in [0.5, 0.6) is 11.5 Å². The average molecular weight is 261 g/mol. The first-order chi connectivity index (χ1) is 9.19. The molecule has 1 aromatic heterocycles. The quantitative estimate of drug-likeness (QED) is 0.773. The summed E-state index contributed by atoms with van der Waals surface area (Å²) < 4.78 is 6.88. The molecular weight excluding hydrogens is 242 g/mol. The second kappa shape index (κ2) is 6.24. The molecule has 0 aliphatic heterocycles. The Morgan fingerprint density at radius 3 is 2.89 bits per heavy atom. The Morgan fingerprint density at radius 1 is 1.37 bits per heavy atom. The van der Waals surface area contributed by atoms with E-state index in [9.17, 15) is 5.11 Å². The minimum Gasteiger partial charge on any atom is -0.504 e. The fraction of sp³-hybridized carbons (Fsp3) is 0.357. The van der Waals surface area contributed by atoms with Gasteiger partial charge in [0.1, 0.15) is 0 Å². The number of aromatic hydroxyl groups is 1. The molecule has 0 radical (unpaired) electrons. The maximum absolute atomic E-state index is 9.50. The summed E-state index contributed by atoms with van der Waals surface area (Å²) in [6.07, 6.45) is 2.84. The molecule has 0 aliphatic rings. The lowest BCUT2D eigenvalue weighted by atomic mass is 10.2. The van der Waals surface area contributed by atoms with Gasteiger partial charge in [0.15, 0.2) is 11.5 Å². The van der Waals surface area contributed by atoms with Crippen molar-refractivity contribution in [3.8, 4) is 11.5 Å². The number of aryl methyl sites for hydroxylation is 1. The molecule has 0 bridgehead atoms. The Kier molecular flexibility index (Phi) is 4.41. The summed E-state index contributed by atoms with van der Waals surface area (Å²) in [4.78, 5) is 0. The molecule has 0 spiro atoms. The fourth-order valence-electron chi connectivity index (χ4n) is 1.88. The molecule has 1 heterocycles. The van der Waals surface area contributed by atoms with Crippen molar-refractivity contribution in [3.63, 3.8) is 0 Å². The maximum atomic E-state index is 9.50. The summed E-state index contributed by atoms with van der Waals surface area (Å²) >= 11 is 0. The zero-order valence-electron chi connectivity index (χ0n) is 11.3. The van der Waals surface area contributed by atoms with Crippen LogP contribution in [-0.4, -0.2) is 28.5 Å². The van der Waals surface area contributed by atoms with Gasteiger partial charge in [-0.05, 0) is 23.8 Å². The first kappa shape index (κ1) is 13.4. The van der Waals surface area contributed by atoms with Gasteiger partial charge in [-0.3, -0.25) is 4.68 Å². The van der Waals surface area contributed by atoms with Crippen LogP contribution in [0.1, 0.15) is 11.3 Å². The summed E-state index contributed by atoms with van der Waals surface area (Å²) in [5.74, 6) is 0.670. The zero-order valence-corrected chi connectivity index (χ0v) is 11.3. The number of hydrogen-bond acceptors (Lipinski definition) is 4. The molecule has 5 heteroatoms. The molecule has 2 aromatic rings. The molecule has 0 saturated carbocycles. The third-order valence-corrected chi connectivity index (χ3v) is 2.90. The third kappa shape index (κ3) is 3.72. The highest BCUT2D eigenvalue weighted by molar-refractivity contribution is 5.41. The van der Waals surface area contributed by atoms with Crippen molar-refractivity contribution >= 4 is 0 Å². The van der Waals surface area contributed by atoms with Crippen molar-refractivity contribution in [1.82, 2.24) is 15.1 Å². The first-order valence-corrected chi connectivity index (χ1v) is 6.24. The van der Waals surface area contributed by atoms with Gasteiger partial charge in [0.2, 0.25) is 0 Å². The van der Waals surface area contributed by atoms with Crippen molar-refractivity contribution in [1.29, 1.82) is 0 Å². The monoisotopic (exact) mass is 261 g/mol. The van der Waals surface area contributed by atoms with Gasteiger partial charge >= 0.3 is 0 Å². The van der Waals surface area contributed by atoms with Gasteiger partial charge in [-0.1, -0.05) is 6.07 Å². The lowest BCUT2D eigenvalue weighted by molar-refractivity contribution is 0.373. The van der Waals surface area contributed by atoms with Crippen LogP contribution in [0.3, 0.4) is 0 Å². The first-order valence-electron chi connectivity index (χ1n) is 6.24. The highest BCUT2D eigenvalue weighted by Gasteiger charge is 2.02. The molecule has 2 N–H and O–H groups in total. The predicted octanol–water partition coefficient (Wildman–Crippen LogP) is 1.47. The van der Waals surface area contributed by atoms with Crippen molar-refractivity contribution in [2.75, 3.05) is 13.7 Å². The van der Waals surface area contributed by atoms with Crippen LogP contribution in [0.2, 0.25) is 0 Å². The molecule has 2 rings (SSSR count). The van der Waals surface area contributed by atoms with E-state index >= 15 is 0 Å². The van der Waals surface area contributed by atoms with Crippen LogP contribution in [0.15, 0.2) is 30.5 Å². The van der Waals surface area contributed by atoms with Crippen molar-refractivity contribution in [2.45, 2.75) is 13.0 Å². The number of nitrogens with one attached hydrogen (secondary N) is 1. The normalized spacial score (nSPS) is 10.6. The van der Waals surface area contributed by atoms with E-state index in [0.29, 0.717) is 5.75 Å². The van der Waals surface area contributed by atoms with E-state index in [1.54, 1.807) is 17.9 Å². The third-order valence-electron chi connectivity index (χ3n) is 2.90. The molecule has 0 saturated heterocycles. The van der Waals surface area contributed by atoms with E-state index in [2.05, 4.69) is 10.4 Å². The Labute approximate surface area is 112 Å². The van der Waals surface area contributed by atoms with Crippen molar-refractivity contribution in [2.24, 2.45) is 7.05 Å². The summed E-state index contributed by atoms with van der Waals surface area (Å²) in [7, 11) is 3.47.